The molecule has 2 N–H and O–H groups in total. The quantitative estimate of drug-likeness (QED) is 0.665. The second-order valence-electron chi connectivity index (χ2n) is 4.49. The van der Waals surface area contributed by atoms with Crippen molar-refractivity contribution in [1.82, 2.24) is 4.57 Å². The van der Waals surface area contributed by atoms with Crippen molar-refractivity contribution in [1.29, 1.82) is 5.26 Å². The molecular weight excluding hydrogens is 268 g/mol. The first-order valence-corrected chi connectivity index (χ1v) is 6.21. The Bertz CT molecular complexity index is 736. The summed E-state index contributed by atoms with van der Waals surface area (Å²) in [6, 6.07) is 10.1. The van der Waals surface area contributed by atoms with Crippen LogP contribution in [0.4, 0.5) is 5.69 Å². The predicted octanol–water partition coefficient (Wildman–Crippen LogP) is 2.35. The smallest absolute Gasteiger partial charge is 0.335 e. The third-order valence-corrected chi connectivity index (χ3v) is 3.22. The van der Waals surface area contributed by atoms with Crippen molar-refractivity contribution in [3.05, 3.63) is 52.8 Å². The number of aromatic carboxylic acids is 1. The van der Waals surface area contributed by atoms with Gasteiger partial charge >= 0.3 is 5.97 Å². The summed E-state index contributed by atoms with van der Waals surface area (Å²) in [4.78, 5) is 10.7. The zero-order valence-electron chi connectivity index (χ0n) is 11.7. The van der Waals surface area contributed by atoms with Gasteiger partial charge in [0.15, 0.2) is 0 Å². The molecule has 2 aromatic rings. The highest BCUT2D eigenvalue weighted by molar-refractivity contribution is 5.88. The van der Waals surface area contributed by atoms with Crippen molar-refractivity contribution in [3.63, 3.8) is 0 Å². The molecule has 0 aliphatic rings. The van der Waals surface area contributed by atoms with Crippen molar-refractivity contribution in [3.8, 4) is 6.07 Å². The van der Waals surface area contributed by atoms with Gasteiger partial charge in [-0.1, -0.05) is 0 Å². The molecule has 0 amide bonds. The largest absolute Gasteiger partial charge is 0.478 e. The van der Waals surface area contributed by atoms with E-state index >= 15 is 0 Å². The van der Waals surface area contributed by atoms with Crippen LogP contribution in [-0.2, 0) is 7.05 Å². The van der Waals surface area contributed by atoms with Gasteiger partial charge < -0.3 is 9.67 Å². The van der Waals surface area contributed by atoms with E-state index in [2.05, 4.69) is 16.6 Å². The topological polar surface area (TPSA) is 90.4 Å². The van der Waals surface area contributed by atoms with E-state index in [0.717, 1.165) is 11.3 Å². The fraction of sp³-hybridized carbons (Fsp3) is 0.133. The van der Waals surface area contributed by atoms with E-state index in [4.69, 9.17) is 10.4 Å². The second kappa shape index (κ2) is 5.92. The first-order chi connectivity index (χ1) is 10.0. The summed E-state index contributed by atoms with van der Waals surface area (Å²) in [5.41, 5.74) is 6.09. The number of nitriles is 1. The number of hydrogen-bond donors (Lipinski definition) is 2. The minimum Gasteiger partial charge on any atom is -0.478 e. The molecule has 21 heavy (non-hydrogen) atoms. The molecule has 0 saturated carbocycles. The van der Waals surface area contributed by atoms with Gasteiger partial charge in [0.05, 0.1) is 17.5 Å². The van der Waals surface area contributed by atoms with Crippen LogP contribution in [0.15, 0.2) is 35.4 Å². The lowest BCUT2D eigenvalue weighted by molar-refractivity contribution is 0.0697. The SMILES string of the molecule is Cc1c(/C=N\Nc2ccc(C(=O)O)cc2)cc(C#N)n1C. The lowest BCUT2D eigenvalue weighted by atomic mass is 10.2. The van der Waals surface area contributed by atoms with Gasteiger partial charge in [0.25, 0.3) is 0 Å². The predicted molar refractivity (Wildman–Crippen MR) is 79.5 cm³/mol. The third kappa shape index (κ3) is 3.09. The molecule has 0 spiro atoms. The van der Waals surface area contributed by atoms with Crippen molar-refractivity contribution in [2.75, 3.05) is 5.43 Å². The first kappa shape index (κ1) is 14.3. The van der Waals surface area contributed by atoms with Crippen molar-refractivity contribution in [2.45, 2.75) is 6.92 Å². The summed E-state index contributed by atoms with van der Waals surface area (Å²) in [6.07, 6.45) is 1.63. The number of anilines is 1. The van der Waals surface area contributed by atoms with E-state index < -0.39 is 5.97 Å². The van der Waals surface area contributed by atoms with Crippen molar-refractivity contribution in [2.24, 2.45) is 12.1 Å². The fourth-order valence-electron chi connectivity index (χ4n) is 1.82. The van der Waals surface area contributed by atoms with Gasteiger partial charge in [-0.15, -0.1) is 0 Å². The number of carbonyl (C=O) groups is 1. The van der Waals surface area contributed by atoms with Crippen LogP contribution in [0.2, 0.25) is 0 Å². The van der Waals surface area contributed by atoms with Crippen LogP contribution >= 0.6 is 0 Å². The van der Waals surface area contributed by atoms with Gasteiger partial charge in [-0.3, -0.25) is 5.43 Å². The molecule has 0 radical (unpaired) electrons. The number of carboxylic acids is 1. The van der Waals surface area contributed by atoms with E-state index in [1.807, 2.05) is 14.0 Å². The lowest BCUT2D eigenvalue weighted by Crippen LogP contribution is -1.97. The average Bonchev–Trinajstić information content (AvgIpc) is 2.75. The molecule has 0 saturated heterocycles. The van der Waals surface area contributed by atoms with Crippen LogP contribution < -0.4 is 5.43 Å². The summed E-state index contributed by atoms with van der Waals surface area (Å²) in [7, 11) is 1.82. The molecule has 1 aromatic carbocycles. The molecule has 2 rings (SSSR count). The first-order valence-electron chi connectivity index (χ1n) is 6.21. The third-order valence-electron chi connectivity index (χ3n) is 3.22. The number of nitrogens with one attached hydrogen (secondary N) is 1. The van der Waals surface area contributed by atoms with Gasteiger partial charge in [-0.05, 0) is 37.3 Å². The van der Waals surface area contributed by atoms with Crippen LogP contribution in [0.5, 0.6) is 0 Å². The Morgan fingerprint density at radius 1 is 1.43 bits per heavy atom. The second-order valence-corrected chi connectivity index (χ2v) is 4.49. The van der Waals surface area contributed by atoms with Crippen molar-refractivity contribution < 1.29 is 9.90 Å². The molecule has 1 heterocycles. The number of nitrogens with zero attached hydrogens (tertiary/aromatic N) is 3. The number of benzene rings is 1. The van der Waals surface area contributed by atoms with Crippen LogP contribution in [-0.4, -0.2) is 21.9 Å². The molecule has 6 nitrogen and oxygen atoms in total. The minimum atomic E-state index is -0.964. The number of aromatic nitrogens is 1. The zero-order chi connectivity index (χ0) is 15.4. The maximum atomic E-state index is 10.7. The molecule has 0 atom stereocenters. The van der Waals surface area contributed by atoms with Gasteiger partial charge in [0.2, 0.25) is 0 Å². The van der Waals surface area contributed by atoms with Gasteiger partial charge in [0, 0.05) is 18.3 Å². The van der Waals surface area contributed by atoms with Crippen LogP contribution in [0.1, 0.15) is 27.3 Å². The molecule has 0 aliphatic heterocycles. The Labute approximate surface area is 121 Å². The van der Waals surface area contributed by atoms with Gasteiger partial charge in [0.1, 0.15) is 11.8 Å². The van der Waals surface area contributed by atoms with Crippen LogP contribution in [0.25, 0.3) is 0 Å². The molecule has 6 heteroatoms. The molecule has 0 aliphatic carbocycles. The number of hydrogen-bond acceptors (Lipinski definition) is 4. The molecule has 106 valence electrons. The summed E-state index contributed by atoms with van der Waals surface area (Å²) in [6.45, 7) is 1.91. The van der Waals surface area contributed by atoms with Gasteiger partial charge in [-0.2, -0.15) is 10.4 Å². The highest BCUT2D eigenvalue weighted by Crippen LogP contribution is 2.12. The minimum absolute atomic E-state index is 0.224. The number of carboxylic acid groups (broad SMARTS) is 1. The normalized spacial score (nSPS) is 10.5. The molecule has 0 unspecified atom stereocenters. The Morgan fingerprint density at radius 3 is 2.62 bits per heavy atom. The number of rotatable bonds is 4. The zero-order valence-corrected chi connectivity index (χ0v) is 11.7. The molecule has 0 fully saturated rings. The maximum Gasteiger partial charge on any atom is 0.335 e. The molecule has 0 bridgehead atoms. The van der Waals surface area contributed by atoms with Crippen LogP contribution in [0, 0.1) is 18.3 Å². The van der Waals surface area contributed by atoms with E-state index in [0.29, 0.717) is 11.4 Å². The standard InChI is InChI=1S/C15H14N4O2/c1-10-12(7-14(8-16)19(10)2)9-17-18-13-5-3-11(4-6-13)15(20)21/h3-7,9,18H,1-2H3,(H,20,21)/b17-9-. The molecule has 1 aromatic heterocycles. The van der Waals surface area contributed by atoms with E-state index in [9.17, 15) is 4.79 Å². The Hall–Kier alpha value is -3.07. The number of hydrazone groups is 1. The van der Waals surface area contributed by atoms with Gasteiger partial charge in [-0.25, -0.2) is 4.79 Å². The summed E-state index contributed by atoms with van der Waals surface area (Å²) in [5.74, 6) is -0.964. The Kier molecular flexibility index (Phi) is 4.05. The highest BCUT2D eigenvalue weighted by atomic mass is 16.4. The summed E-state index contributed by atoms with van der Waals surface area (Å²) in [5, 5.41) is 21.8. The average molecular weight is 282 g/mol. The van der Waals surface area contributed by atoms with E-state index in [1.165, 1.54) is 12.1 Å². The van der Waals surface area contributed by atoms with Crippen molar-refractivity contribution >= 4 is 17.9 Å². The molecular formula is C15H14N4O2. The summed E-state index contributed by atoms with van der Waals surface area (Å²) < 4.78 is 1.79. The highest BCUT2D eigenvalue weighted by Gasteiger charge is 2.06. The van der Waals surface area contributed by atoms with E-state index in [-0.39, 0.29) is 5.56 Å². The maximum absolute atomic E-state index is 10.7. The fourth-order valence-corrected chi connectivity index (χ4v) is 1.82. The van der Waals surface area contributed by atoms with Crippen LogP contribution in [0.3, 0.4) is 0 Å². The van der Waals surface area contributed by atoms with E-state index in [1.54, 1.807) is 29.0 Å². The lowest BCUT2D eigenvalue weighted by Gasteiger charge is -2.01. The Balaban J connectivity index is 2.09. The Morgan fingerprint density at radius 2 is 2.10 bits per heavy atom. The summed E-state index contributed by atoms with van der Waals surface area (Å²) >= 11 is 0. The monoisotopic (exact) mass is 282 g/mol.